The molecule has 1 N–H and O–H groups in total. The molecule has 0 saturated carbocycles. The highest BCUT2D eigenvalue weighted by atomic mass is 16.5. The third kappa shape index (κ3) is 4.45. The zero-order chi connectivity index (χ0) is 17.6. The lowest BCUT2D eigenvalue weighted by molar-refractivity contribution is 0.391. The van der Waals surface area contributed by atoms with Crippen LogP contribution in [0, 0.1) is 0 Å². The minimum Gasteiger partial charge on any atom is -0.497 e. The standard InChI is InChI=1S/C20H24N4O/c1-24(2)14-19-22-18-7-5-4-6-17(18)20(23-19)21-13-12-15-8-10-16(25-3)11-9-15/h4-11H,12-14H2,1-3H3,(H,21,22,23). The minimum atomic E-state index is 0.720. The Morgan fingerprint density at radius 2 is 1.76 bits per heavy atom. The van der Waals surface area contributed by atoms with Crippen molar-refractivity contribution < 1.29 is 4.74 Å². The van der Waals surface area contributed by atoms with Gasteiger partial charge in [-0.05, 0) is 50.3 Å². The van der Waals surface area contributed by atoms with Gasteiger partial charge in [-0.3, -0.25) is 0 Å². The fourth-order valence-electron chi connectivity index (χ4n) is 2.73. The molecule has 0 unspecified atom stereocenters. The van der Waals surface area contributed by atoms with E-state index >= 15 is 0 Å². The van der Waals surface area contributed by atoms with Gasteiger partial charge in [-0.25, -0.2) is 9.97 Å². The highest BCUT2D eigenvalue weighted by Gasteiger charge is 2.08. The maximum absolute atomic E-state index is 5.20. The highest BCUT2D eigenvalue weighted by molar-refractivity contribution is 5.88. The van der Waals surface area contributed by atoms with E-state index in [1.807, 2.05) is 44.4 Å². The van der Waals surface area contributed by atoms with Gasteiger partial charge in [0, 0.05) is 11.9 Å². The molecule has 0 aliphatic carbocycles. The molecule has 5 heteroatoms. The van der Waals surface area contributed by atoms with Crippen LogP contribution in [0.4, 0.5) is 5.82 Å². The van der Waals surface area contributed by atoms with Gasteiger partial charge in [-0.1, -0.05) is 24.3 Å². The van der Waals surface area contributed by atoms with E-state index < -0.39 is 0 Å². The van der Waals surface area contributed by atoms with Crippen LogP contribution in [-0.2, 0) is 13.0 Å². The second-order valence-electron chi connectivity index (χ2n) is 6.27. The molecule has 0 aliphatic rings. The van der Waals surface area contributed by atoms with Gasteiger partial charge in [0.15, 0.2) is 0 Å². The molecule has 0 atom stereocenters. The molecular formula is C20H24N4O. The third-order valence-electron chi connectivity index (χ3n) is 3.97. The Morgan fingerprint density at radius 3 is 2.48 bits per heavy atom. The fraction of sp³-hybridized carbons (Fsp3) is 0.300. The summed E-state index contributed by atoms with van der Waals surface area (Å²) in [4.78, 5) is 11.4. The molecular weight excluding hydrogens is 312 g/mol. The van der Waals surface area contributed by atoms with Gasteiger partial charge in [0.25, 0.3) is 0 Å². The van der Waals surface area contributed by atoms with Crippen molar-refractivity contribution in [3.63, 3.8) is 0 Å². The van der Waals surface area contributed by atoms with E-state index in [0.717, 1.165) is 47.8 Å². The van der Waals surface area contributed by atoms with Crippen molar-refractivity contribution >= 4 is 16.7 Å². The van der Waals surface area contributed by atoms with E-state index in [1.165, 1.54) is 5.56 Å². The number of ether oxygens (including phenoxy) is 1. The zero-order valence-electron chi connectivity index (χ0n) is 15.0. The first-order chi connectivity index (χ1) is 12.2. The number of benzene rings is 2. The van der Waals surface area contributed by atoms with Crippen molar-refractivity contribution in [2.75, 3.05) is 33.1 Å². The summed E-state index contributed by atoms with van der Waals surface area (Å²) in [7, 11) is 5.73. The van der Waals surface area contributed by atoms with Crippen molar-refractivity contribution in [2.45, 2.75) is 13.0 Å². The second-order valence-corrected chi connectivity index (χ2v) is 6.27. The molecule has 3 aromatic rings. The average Bonchev–Trinajstić information content (AvgIpc) is 2.61. The maximum atomic E-state index is 5.20. The number of rotatable bonds is 7. The van der Waals surface area contributed by atoms with E-state index in [1.54, 1.807) is 7.11 Å². The SMILES string of the molecule is COc1ccc(CCNc2nc(CN(C)C)nc3ccccc23)cc1. The van der Waals surface area contributed by atoms with Crippen molar-refractivity contribution in [2.24, 2.45) is 0 Å². The zero-order valence-corrected chi connectivity index (χ0v) is 15.0. The Morgan fingerprint density at radius 1 is 1.00 bits per heavy atom. The number of methoxy groups -OCH3 is 1. The number of hydrogen-bond donors (Lipinski definition) is 1. The lowest BCUT2D eigenvalue weighted by Crippen LogP contribution is -2.15. The van der Waals surface area contributed by atoms with Gasteiger partial charge in [0.05, 0.1) is 19.2 Å². The van der Waals surface area contributed by atoms with Gasteiger partial charge < -0.3 is 15.0 Å². The van der Waals surface area contributed by atoms with Crippen LogP contribution >= 0.6 is 0 Å². The Bertz CT molecular complexity index is 831. The lowest BCUT2D eigenvalue weighted by Gasteiger charge is -2.13. The third-order valence-corrected chi connectivity index (χ3v) is 3.97. The van der Waals surface area contributed by atoms with Gasteiger partial charge >= 0.3 is 0 Å². The molecule has 1 aromatic heterocycles. The topological polar surface area (TPSA) is 50.3 Å². The molecule has 130 valence electrons. The van der Waals surface area contributed by atoms with Gasteiger partial charge in [-0.15, -0.1) is 0 Å². The predicted octanol–water partition coefficient (Wildman–Crippen LogP) is 3.35. The summed E-state index contributed by atoms with van der Waals surface area (Å²) in [6.45, 7) is 1.53. The first-order valence-corrected chi connectivity index (χ1v) is 8.43. The summed E-state index contributed by atoms with van der Waals surface area (Å²) in [6.07, 6.45) is 0.922. The van der Waals surface area contributed by atoms with Crippen molar-refractivity contribution in [1.29, 1.82) is 0 Å². The number of para-hydroxylation sites is 1. The smallest absolute Gasteiger partial charge is 0.145 e. The predicted molar refractivity (Wildman–Crippen MR) is 102 cm³/mol. The number of nitrogens with one attached hydrogen (secondary N) is 1. The molecule has 2 aromatic carbocycles. The van der Waals surface area contributed by atoms with Crippen LogP contribution in [0.3, 0.4) is 0 Å². The van der Waals surface area contributed by atoms with E-state index in [4.69, 9.17) is 9.72 Å². The normalized spacial score (nSPS) is 11.0. The molecule has 0 bridgehead atoms. The first kappa shape index (κ1) is 17.2. The molecule has 0 fully saturated rings. The lowest BCUT2D eigenvalue weighted by atomic mass is 10.1. The quantitative estimate of drug-likeness (QED) is 0.717. The largest absolute Gasteiger partial charge is 0.497 e. The van der Waals surface area contributed by atoms with Crippen LogP contribution in [0.15, 0.2) is 48.5 Å². The van der Waals surface area contributed by atoms with Gasteiger partial charge in [0.2, 0.25) is 0 Å². The number of aromatic nitrogens is 2. The Kier molecular flexibility index (Phi) is 5.46. The summed E-state index contributed by atoms with van der Waals surface area (Å²) in [5, 5.41) is 4.53. The van der Waals surface area contributed by atoms with E-state index in [2.05, 4.69) is 33.4 Å². The van der Waals surface area contributed by atoms with Crippen molar-refractivity contribution in [1.82, 2.24) is 14.9 Å². The molecule has 0 aliphatic heterocycles. The van der Waals surface area contributed by atoms with E-state index in [9.17, 15) is 0 Å². The molecule has 0 spiro atoms. The second kappa shape index (κ2) is 7.94. The summed E-state index contributed by atoms with van der Waals surface area (Å²) in [6, 6.07) is 16.3. The first-order valence-electron chi connectivity index (χ1n) is 8.43. The summed E-state index contributed by atoms with van der Waals surface area (Å²) in [5.41, 5.74) is 2.24. The molecule has 3 rings (SSSR count). The van der Waals surface area contributed by atoms with Crippen molar-refractivity contribution in [3.8, 4) is 5.75 Å². The van der Waals surface area contributed by atoms with Crippen LogP contribution in [-0.4, -0.2) is 42.6 Å². The monoisotopic (exact) mass is 336 g/mol. The van der Waals surface area contributed by atoms with Crippen LogP contribution in [0.25, 0.3) is 10.9 Å². The molecule has 0 amide bonds. The Labute approximate surface area is 148 Å². The van der Waals surface area contributed by atoms with Crippen molar-refractivity contribution in [3.05, 3.63) is 59.9 Å². The summed E-state index contributed by atoms with van der Waals surface area (Å²) >= 11 is 0. The van der Waals surface area contributed by atoms with Gasteiger partial charge in [-0.2, -0.15) is 0 Å². The number of nitrogens with zero attached hydrogens (tertiary/aromatic N) is 3. The minimum absolute atomic E-state index is 0.720. The van der Waals surface area contributed by atoms with E-state index in [0.29, 0.717) is 0 Å². The van der Waals surface area contributed by atoms with Crippen LogP contribution in [0.5, 0.6) is 5.75 Å². The molecule has 1 heterocycles. The molecule has 5 nitrogen and oxygen atoms in total. The summed E-state index contributed by atoms with van der Waals surface area (Å²) in [5.74, 6) is 2.61. The van der Waals surface area contributed by atoms with Crippen LogP contribution in [0.2, 0.25) is 0 Å². The Hall–Kier alpha value is -2.66. The Balaban J connectivity index is 1.74. The number of hydrogen-bond acceptors (Lipinski definition) is 5. The van der Waals surface area contributed by atoms with E-state index in [-0.39, 0.29) is 0 Å². The molecule has 0 radical (unpaired) electrons. The molecule has 25 heavy (non-hydrogen) atoms. The van der Waals surface area contributed by atoms with Crippen LogP contribution < -0.4 is 10.1 Å². The number of anilines is 1. The van der Waals surface area contributed by atoms with Crippen LogP contribution in [0.1, 0.15) is 11.4 Å². The highest BCUT2D eigenvalue weighted by Crippen LogP contribution is 2.20. The van der Waals surface area contributed by atoms with Gasteiger partial charge in [0.1, 0.15) is 17.4 Å². The maximum Gasteiger partial charge on any atom is 0.145 e. The average molecular weight is 336 g/mol. The summed E-state index contributed by atoms with van der Waals surface area (Å²) < 4.78 is 5.20. The fourth-order valence-corrected chi connectivity index (χ4v) is 2.73. The number of fused-ring (bicyclic) bond motifs is 1. The molecule has 0 saturated heterocycles.